The van der Waals surface area contributed by atoms with Gasteiger partial charge in [-0.25, -0.2) is 0 Å². The number of hydrogen-bond acceptors (Lipinski definition) is 2. The third-order valence-corrected chi connectivity index (χ3v) is 2.26. The van der Waals surface area contributed by atoms with Gasteiger partial charge in [0.1, 0.15) is 10.8 Å². The summed E-state index contributed by atoms with van der Waals surface area (Å²) in [5.41, 5.74) is 1.70. The quantitative estimate of drug-likeness (QED) is 0.651. The average molecular weight is 262 g/mol. The maximum absolute atomic E-state index is 12.2. The third kappa shape index (κ3) is 2.77. The molecule has 0 aliphatic heterocycles. The van der Waals surface area contributed by atoms with Gasteiger partial charge < -0.3 is 10.5 Å². The summed E-state index contributed by atoms with van der Waals surface area (Å²) in [5.74, 6) is -0.328. The number of rotatable bonds is 2. The van der Waals surface area contributed by atoms with Crippen LogP contribution < -0.4 is 10.5 Å². The Labute approximate surface area is 93.5 Å². The van der Waals surface area contributed by atoms with E-state index in [1.165, 1.54) is 6.07 Å². The van der Waals surface area contributed by atoms with Crippen LogP contribution in [-0.4, -0.2) is 5.57 Å². The number of alkyl halides is 3. The first-order chi connectivity index (χ1) is 6.31. The predicted octanol–water partition coefficient (Wildman–Crippen LogP) is 3.74. The fourth-order valence-corrected chi connectivity index (χ4v) is 1.20. The summed E-state index contributed by atoms with van der Waals surface area (Å²) < 4.78 is 28.5. The van der Waals surface area contributed by atoms with E-state index in [0.29, 0.717) is 0 Å². The van der Waals surface area contributed by atoms with Crippen LogP contribution in [0.4, 0.5) is 14.5 Å². The minimum atomic E-state index is -3.83. The van der Waals surface area contributed by atoms with E-state index in [9.17, 15) is 8.78 Å². The highest BCUT2D eigenvalue weighted by Gasteiger charge is 2.29. The molecular weight excluding hydrogens is 258 g/mol. The molecule has 1 aromatic rings. The van der Waals surface area contributed by atoms with E-state index in [-0.39, 0.29) is 21.5 Å². The molecule has 0 fully saturated rings. The summed E-state index contributed by atoms with van der Waals surface area (Å²) in [6.07, 6.45) is 0. The van der Waals surface area contributed by atoms with Crippen molar-refractivity contribution in [2.45, 2.75) is 5.57 Å². The maximum Gasteiger partial charge on any atom is 0.487 e. The number of nitrogens with two attached hydrogens (primary N) is 1. The molecule has 2 nitrogen and oxygen atoms in total. The molecule has 7 heteroatoms. The molecule has 78 valence electrons. The van der Waals surface area contributed by atoms with Gasteiger partial charge in [-0.2, -0.15) is 0 Å². The third-order valence-electron chi connectivity index (χ3n) is 1.30. The molecule has 0 amide bonds. The molecule has 2 N–H and O–H groups in total. The van der Waals surface area contributed by atoms with Crippen molar-refractivity contribution in [1.82, 2.24) is 0 Å². The van der Waals surface area contributed by atoms with Crippen molar-refractivity contribution in [1.29, 1.82) is 0 Å². The van der Waals surface area contributed by atoms with Crippen LogP contribution in [0.15, 0.2) is 12.1 Å². The highest BCUT2D eigenvalue weighted by molar-refractivity contribution is 6.44. The topological polar surface area (TPSA) is 35.2 Å². The standard InChI is InChI=1S/C7H4Cl3F2NO/c8-5-3(13)1-2-4(6(5)9)14-7(10,11)12/h1-2H,13H2. The smallest absolute Gasteiger partial charge is 0.418 e. The zero-order valence-corrected chi connectivity index (χ0v) is 8.80. The largest absolute Gasteiger partial charge is 0.487 e. The van der Waals surface area contributed by atoms with Crippen LogP contribution in [0.1, 0.15) is 0 Å². The molecule has 0 aliphatic carbocycles. The molecule has 0 aromatic heterocycles. The van der Waals surface area contributed by atoms with E-state index in [0.717, 1.165) is 6.07 Å². The summed E-state index contributed by atoms with van der Waals surface area (Å²) >= 11 is 15.7. The molecule has 0 saturated carbocycles. The lowest BCUT2D eigenvalue weighted by Gasteiger charge is -2.12. The Balaban J connectivity index is 3.06. The molecular formula is C7H4Cl3F2NO. The van der Waals surface area contributed by atoms with Crippen LogP contribution in [-0.2, 0) is 0 Å². The van der Waals surface area contributed by atoms with Crippen LogP contribution in [0.3, 0.4) is 0 Å². The lowest BCUT2D eigenvalue weighted by atomic mass is 10.3. The van der Waals surface area contributed by atoms with Gasteiger partial charge in [0.05, 0.1) is 10.7 Å². The summed E-state index contributed by atoms with van der Waals surface area (Å²) in [6, 6.07) is 2.44. The molecule has 0 bridgehead atoms. The van der Waals surface area contributed by atoms with Crippen LogP contribution in [0.5, 0.6) is 5.75 Å². The Kier molecular flexibility index (Phi) is 3.29. The van der Waals surface area contributed by atoms with Gasteiger partial charge in [0.15, 0.2) is 0 Å². The van der Waals surface area contributed by atoms with Crippen molar-refractivity contribution in [3.8, 4) is 5.75 Å². The minimum absolute atomic E-state index is 0.0508. The number of hydrogen-bond donors (Lipinski definition) is 1. The molecule has 0 atom stereocenters. The second-order valence-electron chi connectivity index (χ2n) is 2.33. The van der Waals surface area contributed by atoms with Gasteiger partial charge in [0, 0.05) is 11.6 Å². The molecule has 0 unspecified atom stereocenters. The number of anilines is 1. The lowest BCUT2D eigenvalue weighted by molar-refractivity contribution is -0.0964. The van der Waals surface area contributed by atoms with Gasteiger partial charge in [0.2, 0.25) is 0 Å². The minimum Gasteiger partial charge on any atom is -0.418 e. The van der Waals surface area contributed by atoms with Crippen molar-refractivity contribution >= 4 is 40.5 Å². The molecule has 0 spiro atoms. The summed E-state index contributed by atoms with van der Waals surface area (Å²) in [5, 5.41) is -0.253. The van der Waals surface area contributed by atoms with Gasteiger partial charge in [-0.15, -0.1) is 8.78 Å². The van der Waals surface area contributed by atoms with E-state index in [1.54, 1.807) is 0 Å². The highest BCUT2D eigenvalue weighted by atomic mass is 35.5. The Morgan fingerprint density at radius 2 is 1.79 bits per heavy atom. The normalized spacial score (nSPS) is 11.5. The molecule has 0 saturated heterocycles. The monoisotopic (exact) mass is 261 g/mol. The second kappa shape index (κ2) is 3.96. The van der Waals surface area contributed by atoms with Crippen molar-refractivity contribution in [3.63, 3.8) is 0 Å². The van der Waals surface area contributed by atoms with Gasteiger partial charge in [-0.3, -0.25) is 0 Å². The van der Waals surface area contributed by atoms with Crippen molar-refractivity contribution < 1.29 is 13.5 Å². The van der Waals surface area contributed by atoms with Crippen molar-refractivity contribution in [3.05, 3.63) is 22.2 Å². The lowest BCUT2D eigenvalue weighted by Crippen LogP contribution is -2.16. The van der Waals surface area contributed by atoms with Crippen molar-refractivity contribution in [2.75, 3.05) is 5.73 Å². The number of ether oxygens (including phenoxy) is 1. The molecule has 1 rings (SSSR count). The number of benzene rings is 1. The fourth-order valence-electron chi connectivity index (χ4n) is 0.750. The summed E-state index contributed by atoms with van der Waals surface area (Å²) in [6.45, 7) is 0. The molecule has 0 aliphatic rings. The average Bonchev–Trinajstić information content (AvgIpc) is 2.04. The van der Waals surface area contributed by atoms with Gasteiger partial charge in [-0.1, -0.05) is 23.2 Å². The summed E-state index contributed by atoms with van der Waals surface area (Å²) in [7, 11) is 0. The van der Waals surface area contributed by atoms with E-state index in [1.807, 2.05) is 0 Å². The first kappa shape index (κ1) is 11.6. The Morgan fingerprint density at radius 3 is 2.29 bits per heavy atom. The van der Waals surface area contributed by atoms with Crippen LogP contribution in [0.25, 0.3) is 0 Å². The van der Waals surface area contributed by atoms with Crippen LogP contribution in [0.2, 0.25) is 10.0 Å². The van der Waals surface area contributed by atoms with Gasteiger partial charge in [0.25, 0.3) is 0 Å². The Bertz CT molecular complexity index is 354. The first-order valence-corrected chi connectivity index (χ1v) is 4.44. The van der Waals surface area contributed by atoms with Gasteiger partial charge >= 0.3 is 5.57 Å². The van der Waals surface area contributed by atoms with Gasteiger partial charge in [-0.05, 0) is 12.1 Å². The molecule has 14 heavy (non-hydrogen) atoms. The number of nitrogen functional groups attached to an aromatic ring is 1. The predicted molar refractivity (Wildman–Crippen MR) is 52.3 cm³/mol. The number of halogens is 5. The SMILES string of the molecule is Nc1ccc(OC(F)(F)Cl)c(Cl)c1Cl. The zero-order chi connectivity index (χ0) is 10.9. The highest BCUT2D eigenvalue weighted by Crippen LogP contribution is 2.38. The zero-order valence-electron chi connectivity index (χ0n) is 6.53. The van der Waals surface area contributed by atoms with E-state index in [2.05, 4.69) is 16.3 Å². The molecule has 1 aromatic carbocycles. The summed E-state index contributed by atoms with van der Waals surface area (Å²) in [4.78, 5) is 0. The van der Waals surface area contributed by atoms with E-state index < -0.39 is 5.57 Å². The second-order valence-corrected chi connectivity index (χ2v) is 3.52. The Morgan fingerprint density at radius 1 is 1.21 bits per heavy atom. The first-order valence-electron chi connectivity index (χ1n) is 3.30. The molecule has 0 radical (unpaired) electrons. The maximum atomic E-state index is 12.2. The Hall–Kier alpha value is -0.450. The fraction of sp³-hybridized carbons (Fsp3) is 0.143. The van der Waals surface area contributed by atoms with E-state index in [4.69, 9.17) is 28.9 Å². The molecule has 0 heterocycles. The van der Waals surface area contributed by atoms with Crippen LogP contribution in [0, 0.1) is 0 Å². The van der Waals surface area contributed by atoms with Crippen LogP contribution >= 0.6 is 34.8 Å². The van der Waals surface area contributed by atoms with Crippen molar-refractivity contribution in [2.24, 2.45) is 0 Å². The van der Waals surface area contributed by atoms with E-state index >= 15 is 0 Å².